The van der Waals surface area contributed by atoms with Crippen LogP contribution in [0.15, 0.2) is 115 Å². The summed E-state index contributed by atoms with van der Waals surface area (Å²) in [6.07, 6.45) is 14.3. The summed E-state index contributed by atoms with van der Waals surface area (Å²) in [6, 6.07) is 46.5. The van der Waals surface area contributed by atoms with E-state index in [4.69, 9.17) is 7.85 Å². The molecule has 1 heteroatoms. The average molecular weight is 925 g/mol. The van der Waals surface area contributed by atoms with Crippen LogP contribution in [0.1, 0.15) is 194 Å². The van der Waals surface area contributed by atoms with Crippen LogP contribution >= 0.6 is 0 Å². The highest BCUT2D eigenvalue weighted by Crippen LogP contribution is 2.59. The summed E-state index contributed by atoms with van der Waals surface area (Å²) < 4.78 is 0. The Morgan fingerprint density at radius 1 is 0.286 bits per heavy atom. The van der Waals surface area contributed by atoms with Gasteiger partial charge >= 0.3 is 0 Å². The van der Waals surface area contributed by atoms with E-state index in [2.05, 4.69) is 198 Å². The SMILES string of the molecule is [B]c1ccc2c(c1)C(CCC(C)C)(CCC(C)C)c1cc(-c3ccc4c(c3)C(CCC(C)C)(CCC(C)C)c3cc(-c5ccc6c(c5)C(CCC(C)C)(CCC(C)C)c5ccccc5-6)ccc3-4)ccc1-2. The molecule has 70 heavy (non-hydrogen) atoms. The molecule has 6 aromatic carbocycles. The molecule has 9 rings (SSSR count). The van der Waals surface area contributed by atoms with Gasteiger partial charge in [-0.1, -0.05) is 180 Å². The molecule has 0 nitrogen and oxygen atoms in total. The Labute approximate surface area is 427 Å². The zero-order valence-corrected chi connectivity index (χ0v) is 45.5. The van der Waals surface area contributed by atoms with Gasteiger partial charge < -0.3 is 0 Å². The van der Waals surface area contributed by atoms with Crippen LogP contribution in [0.25, 0.3) is 55.6 Å². The van der Waals surface area contributed by atoms with Gasteiger partial charge in [-0.15, -0.1) is 0 Å². The molecule has 2 radical (unpaired) electrons. The topological polar surface area (TPSA) is 0 Å². The maximum atomic E-state index is 6.65. The maximum absolute atomic E-state index is 6.65. The lowest BCUT2D eigenvalue weighted by Gasteiger charge is -2.35. The highest BCUT2D eigenvalue weighted by molar-refractivity contribution is 6.32. The molecule has 364 valence electrons. The first-order valence-electron chi connectivity index (χ1n) is 28.1. The second-order valence-electron chi connectivity index (χ2n) is 25.2. The van der Waals surface area contributed by atoms with Crippen LogP contribution in [0.5, 0.6) is 0 Å². The van der Waals surface area contributed by atoms with Crippen molar-refractivity contribution in [2.75, 3.05) is 0 Å². The van der Waals surface area contributed by atoms with Crippen molar-refractivity contribution in [1.29, 1.82) is 0 Å². The molecular formula is C69H85B. The lowest BCUT2D eigenvalue weighted by Crippen LogP contribution is -2.28. The molecule has 0 fully saturated rings. The Kier molecular flexibility index (Phi) is 14.5. The van der Waals surface area contributed by atoms with Gasteiger partial charge in [-0.3, -0.25) is 0 Å². The van der Waals surface area contributed by atoms with Gasteiger partial charge in [0, 0.05) is 16.2 Å². The van der Waals surface area contributed by atoms with Crippen molar-refractivity contribution in [2.45, 2.75) is 176 Å². The summed E-state index contributed by atoms with van der Waals surface area (Å²) in [7, 11) is 6.65. The summed E-state index contributed by atoms with van der Waals surface area (Å²) >= 11 is 0. The van der Waals surface area contributed by atoms with E-state index in [1.54, 1.807) is 22.3 Å². The second kappa shape index (κ2) is 20.1. The van der Waals surface area contributed by atoms with Crippen LogP contribution in [-0.2, 0) is 16.2 Å². The van der Waals surface area contributed by atoms with Crippen molar-refractivity contribution in [3.05, 3.63) is 149 Å². The van der Waals surface area contributed by atoms with Crippen LogP contribution in [-0.4, -0.2) is 7.85 Å². The number of hydrogen-bond acceptors (Lipinski definition) is 0. The van der Waals surface area contributed by atoms with Gasteiger partial charge in [0.2, 0.25) is 0 Å². The fraction of sp³-hybridized carbons (Fsp3) is 0.478. The Bertz CT molecular complexity index is 2790. The van der Waals surface area contributed by atoms with E-state index < -0.39 is 0 Å². The lowest BCUT2D eigenvalue weighted by molar-refractivity contribution is 0.364. The fourth-order valence-corrected chi connectivity index (χ4v) is 13.4. The molecule has 3 aliphatic carbocycles. The molecule has 0 atom stereocenters. The van der Waals surface area contributed by atoms with Gasteiger partial charge in [0.1, 0.15) is 7.85 Å². The predicted molar refractivity (Wildman–Crippen MR) is 306 cm³/mol. The molecule has 0 amide bonds. The number of hydrogen-bond donors (Lipinski definition) is 0. The zero-order valence-electron chi connectivity index (χ0n) is 45.5. The molecule has 0 saturated heterocycles. The largest absolute Gasteiger partial charge is 0.113 e. The molecule has 0 bridgehead atoms. The Hall–Kier alpha value is -4.62. The van der Waals surface area contributed by atoms with Crippen molar-refractivity contribution in [3.63, 3.8) is 0 Å². The normalized spacial score (nSPS) is 15.6. The minimum Gasteiger partial charge on any atom is -0.0963 e. The van der Waals surface area contributed by atoms with Crippen molar-refractivity contribution in [3.8, 4) is 55.6 Å². The van der Waals surface area contributed by atoms with Crippen LogP contribution in [0.3, 0.4) is 0 Å². The standard InChI is InChI=1S/C69H85B/c1-44(2)27-33-67(34-28-45(3)4)61-16-14-13-15-55(61)56-22-17-50(39-62(56)67)51-18-23-57-58-24-19-52(41-64(58)68(63(57)40-51,35-29-46(5)6)36-30-47(7)8)53-20-25-59-60-26-21-54(70)43-66(60)69(65(59)42-53,37-31-48(9)10)38-32-49(11)12/h13-26,39-49H,27-38H2,1-12H3. The third-order valence-electron chi connectivity index (χ3n) is 17.6. The molecule has 0 saturated carbocycles. The lowest BCUT2D eigenvalue weighted by atomic mass is 9.68. The van der Waals surface area contributed by atoms with Gasteiger partial charge in [-0.2, -0.15) is 0 Å². The Balaban J connectivity index is 1.18. The van der Waals surface area contributed by atoms with E-state index >= 15 is 0 Å². The molecular weight excluding hydrogens is 840 g/mol. The molecule has 0 aromatic heterocycles. The molecule has 0 spiro atoms. The smallest absolute Gasteiger partial charge is 0.0963 e. The maximum Gasteiger partial charge on any atom is 0.113 e. The molecule has 0 N–H and O–H groups in total. The Morgan fingerprint density at radius 3 is 0.829 bits per heavy atom. The van der Waals surface area contributed by atoms with Crippen LogP contribution < -0.4 is 5.46 Å². The Morgan fingerprint density at radius 2 is 0.529 bits per heavy atom. The zero-order chi connectivity index (χ0) is 49.7. The summed E-state index contributed by atoms with van der Waals surface area (Å²) in [4.78, 5) is 0. The minimum absolute atomic E-state index is 0.0361. The van der Waals surface area contributed by atoms with Gasteiger partial charge in [0.15, 0.2) is 0 Å². The van der Waals surface area contributed by atoms with Crippen molar-refractivity contribution < 1.29 is 0 Å². The van der Waals surface area contributed by atoms with E-state index in [1.165, 1.54) is 118 Å². The summed E-state index contributed by atoms with van der Waals surface area (Å²) in [5.41, 5.74) is 24.0. The minimum atomic E-state index is -0.0702. The molecule has 6 aromatic rings. The third-order valence-corrected chi connectivity index (χ3v) is 17.6. The summed E-state index contributed by atoms with van der Waals surface area (Å²) in [5, 5.41) is 0. The van der Waals surface area contributed by atoms with Crippen LogP contribution in [0.2, 0.25) is 0 Å². The van der Waals surface area contributed by atoms with Crippen molar-refractivity contribution in [1.82, 2.24) is 0 Å². The third kappa shape index (κ3) is 9.24. The molecule has 0 aliphatic heterocycles. The van der Waals surface area contributed by atoms with Crippen LogP contribution in [0, 0.1) is 35.5 Å². The van der Waals surface area contributed by atoms with Gasteiger partial charge in [-0.05, 0) is 226 Å². The monoisotopic (exact) mass is 925 g/mol. The van der Waals surface area contributed by atoms with Crippen molar-refractivity contribution in [2.24, 2.45) is 35.5 Å². The first-order valence-corrected chi connectivity index (χ1v) is 28.1. The highest BCUT2D eigenvalue weighted by atomic mass is 14.5. The first kappa shape index (κ1) is 50.3. The van der Waals surface area contributed by atoms with E-state index in [-0.39, 0.29) is 16.2 Å². The van der Waals surface area contributed by atoms with Crippen LogP contribution in [0.4, 0.5) is 0 Å². The summed E-state index contributed by atoms with van der Waals surface area (Å²) in [5.74, 6) is 3.84. The first-order chi connectivity index (χ1) is 33.5. The molecule has 0 unspecified atom stereocenters. The van der Waals surface area contributed by atoms with E-state index in [0.29, 0.717) is 35.5 Å². The quantitative estimate of drug-likeness (QED) is 0.0669. The van der Waals surface area contributed by atoms with Gasteiger partial charge in [-0.25, -0.2) is 0 Å². The van der Waals surface area contributed by atoms with E-state index in [9.17, 15) is 0 Å². The van der Waals surface area contributed by atoms with Gasteiger partial charge in [0.25, 0.3) is 0 Å². The molecule has 0 heterocycles. The van der Waals surface area contributed by atoms with E-state index in [1.807, 2.05) is 0 Å². The van der Waals surface area contributed by atoms with Crippen molar-refractivity contribution >= 4 is 13.3 Å². The number of rotatable bonds is 20. The number of fused-ring (bicyclic) bond motifs is 9. The predicted octanol–water partition coefficient (Wildman–Crippen LogP) is 19.2. The van der Waals surface area contributed by atoms with E-state index in [0.717, 1.165) is 31.1 Å². The average Bonchev–Trinajstić information content (AvgIpc) is 3.88. The molecule has 3 aliphatic rings. The second-order valence-corrected chi connectivity index (χ2v) is 25.2. The summed E-state index contributed by atoms with van der Waals surface area (Å²) in [6.45, 7) is 28.9. The number of benzene rings is 6. The fourth-order valence-electron chi connectivity index (χ4n) is 13.4. The highest BCUT2D eigenvalue weighted by Gasteiger charge is 2.46. The van der Waals surface area contributed by atoms with Gasteiger partial charge in [0.05, 0.1) is 0 Å².